The van der Waals surface area contributed by atoms with Gasteiger partial charge in [0.05, 0.1) is 28.9 Å². The van der Waals surface area contributed by atoms with Crippen LogP contribution < -0.4 is 5.32 Å². The number of carbonyl (C=O) groups is 3. The molecule has 0 aromatic heterocycles. The van der Waals surface area contributed by atoms with E-state index in [1.54, 1.807) is 33.8 Å². The van der Waals surface area contributed by atoms with Gasteiger partial charge < -0.3 is 19.5 Å². The molecule has 206 valence electrons. The van der Waals surface area contributed by atoms with Crippen molar-refractivity contribution in [2.75, 3.05) is 13.2 Å². The number of ether oxygens (including phenoxy) is 3. The van der Waals surface area contributed by atoms with Gasteiger partial charge in [0.1, 0.15) is 12.5 Å². The van der Waals surface area contributed by atoms with Crippen LogP contribution in [0.15, 0.2) is 40.5 Å². The molecule has 1 fully saturated rings. The van der Waals surface area contributed by atoms with Crippen LogP contribution in [0.5, 0.6) is 0 Å². The van der Waals surface area contributed by atoms with E-state index in [1.807, 2.05) is 0 Å². The second kappa shape index (κ2) is 13.2. The third-order valence-corrected chi connectivity index (χ3v) is 6.53. The third-order valence-electron chi connectivity index (χ3n) is 6.53. The molecule has 1 N–H and O–H groups in total. The predicted molar refractivity (Wildman–Crippen MR) is 139 cm³/mol. The Morgan fingerprint density at radius 3 is 2.50 bits per heavy atom. The van der Waals surface area contributed by atoms with E-state index < -0.39 is 40.9 Å². The molecule has 1 aliphatic heterocycles. The number of rotatable bonds is 9. The van der Waals surface area contributed by atoms with E-state index in [1.165, 1.54) is 18.2 Å². The van der Waals surface area contributed by atoms with Gasteiger partial charge in [-0.1, -0.05) is 31.4 Å². The van der Waals surface area contributed by atoms with E-state index >= 15 is 0 Å². The van der Waals surface area contributed by atoms with Gasteiger partial charge in [-0.15, -0.1) is 0 Å². The van der Waals surface area contributed by atoms with E-state index in [4.69, 9.17) is 14.2 Å². The van der Waals surface area contributed by atoms with Crippen LogP contribution in [0.1, 0.15) is 71.3 Å². The van der Waals surface area contributed by atoms with Crippen molar-refractivity contribution in [3.8, 4) is 0 Å². The first-order chi connectivity index (χ1) is 18.1. The Bertz CT molecular complexity index is 1120. The number of nitro groups is 1. The highest BCUT2D eigenvalue weighted by atomic mass is 16.6. The van der Waals surface area contributed by atoms with Crippen molar-refractivity contribution in [1.82, 2.24) is 5.32 Å². The molecule has 1 aliphatic carbocycles. The zero-order valence-corrected chi connectivity index (χ0v) is 22.2. The Morgan fingerprint density at radius 1 is 1.16 bits per heavy atom. The Morgan fingerprint density at radius 2 is 1.87 bits per heavy atom. The number of benzene rings is 1. The first kappa shape index (κ1) is 28.8. The van der Waals surface area contributed by atoms with Crippen molar-refractivity contribution in [3.05, 3.63) is 51.2 Å². The van der Waals surface area contributed by atoms with Crippen molar-refractivity contribution in [1.29, 1.82) is 0 Å². The van der Waals surface area contributed by atoms with Gasteiger partial charge in [0.15, 0.2) is 0 Å². The van der Waals surface area contributed by atoms with Crippen molar-refractivity contribution in [2.24, 2.45) is 10.9 Å². The zero-order chi connectivity index (χ0) is 27.8. The van der Waals surface area contributed by atoms with E-state index in [9.17, 15) is 24.5 Å². The van der Waals surface area contributed by atoms with E-state index in [-0.39, 0.29) is 36.2 Å². The second-order valence-corrected chi connectivity index (χ2v) is 9.68. The van der Waals surface area contributed by atoms with Crippen LogP contribution in [0.3, 0.4) is 0 Å². The van der Waals surface area contributed by atoms with Crippen LogP contribution in [0, 0.1) is 16.0 Å². The fourth-order valence-corrected chi connectivity index (χ4v) is 4.89. The number of nitrogens with one attached hydrogen (secondary N) is 1. The summed E-state index contributed by atoms with van der Waals surface area (Å²) in [6.45, 7) is 6.34. The summed E-state index contributed by atoms with van der Waals surface area (Å²) in [7, 11) is 0. The molecule has 2 atom stereocenters. The largest absolute Gasteiger partial charge is 0.463 e. The van der Waals surface area contributed by atoms with Crippen LogP contribution in [0.2, 0.25) is 0 Å². The van der Waals surface area contributed by atoms with E-state index in [0.29, 0.717) is 11.3 Å². The number of non-ortho nitro benzene ring substituents is 1. The quantitative estimate of drug-likeness (QED) is 0.211. The molecule has 11 heteroatoms. The lowest BCUT2D eigenvalue weighted by Gasteiger charge is -2.32. The Labute approximate surface area is 221 Å². The average molecular weight is 530 g/mol. The number of nitro benzene ring substituents is 1. The molecule has 1 amide bonds. The number of esters is 2. The van der Waals surface area contributed by atoms with Crippen LogP contribution in [0.25, 0.3) is 0 Å². The maximum absolute atomic E-state index is 13.3. The number of hydrogen-bond donors (Lipinski definition) is 1. The Hall–Kier alpha value is -3.76. The van der Waals surface area contributed by atoms with Crippen molar-refractivity contribution in [3.63, 3.8) is 0 Å². The SMILES string of the molecule is CCOC(=O)C1=C(COC(=O)NC2CCCCC2)N=C(C)C(C(=O)OC(C)C)C1c1cccc([N+](=O)[O-])c1. The summed E-state index contributed by atoms with van der Waals surface area (Å²) in [4.78, 5) is 54.5. The van der Waals surface area contributed by atoms with Gasteiger partial charge in [-0.3, -0.25) is 19.9 Å². The standard InChI is InChI=1S/C27H35N3O8/c1-5-36-25(31)24-21(15-37-27(33)29-19-11-7-6-8-12-19)28-17(4)22(26(32)38-16(2)3)23(24)18-10-9-13-20(14-18)30(34)35/h9-10,13-14,16,19,22-23H,5-8,11-12,15H2,1-4H3,(H,29,33). The molecule has 0 saturated heterocycles. The van der Waals surface area contributed by atoms with Crippen LogP contribution in [-0.2, 0) is 23.8 Å². The summed E-state index contributed by atoms with van der Waals surface area (Å²) in [5.74, 6) is -3.43. The third kappa shape index (κ3) is 7.17. The summed E-state index contributed by atoms with van der Waals surface area (Å²) in [6.07, 6.45) is 3.88. The fraction of sp³-hybridized carbons (Fsp3) is 0.556. The Balaban J connectivity index is 2.03. The van der Waals surface area contributed by atoms with Crippen molar-refractivity contribution < 1.29 is 33.5 Å². The first-order valence-corrected chi connectivity index (χ1v) is 13.0. The van der Waals surface area contributed by atoms with Crippen LogP contribution >= 0.6 is 0 Å². The first-order valence-electron chi connectivity index (χ1n) is 13.0. The monoisotopic (exact) mass is 529 g/mol. The van der Waals surface area contributed by atoms with Crippen LogP contribution in [0.4, 0.5) is 10.5 Å². The molecule has 1 heterocycles. The summed E-state index contributed by atoms with van der Waals surface area (Å²) >= 11 is 0. The number of nitrogens with zero attached hydrogens (tertiary/aromatic N) is 2. The van der Waals surface area contributed by atoms with Crippen molar-refractivity contribution in [2.45, 2.75) is 77.9 Å². The fourth-order valence-electron chi connectivity index (χ4n) is 4.89. The molecule has 0 bridgehead atoms. The molecule has 3 rings (SSSR count). The predicted octanol–water partition coefficient (Wildman–Crippen LogP) is 4.60. The van der Waals surface area contributed by atoms with Gasteiger partial charge in [-0.2, -0.15) is 0 Å². The van der Waals surface area contributed by atoms with Gasteiger partial charge >= 0.3 is 18.0 Å². The molecule has 1 aromatic carbocycles. The molecular weight excluding hydrogens is 494 g/mol. The minimum Gasteiger partial charge on any atom is -0.463 e. The van der Waals surface area contributed by atoms with Gasteiger partial charge in [-0.25, -0.2) is 9.59 Å². The lowest BCUT2D eigenvalue weighted by molar-refractivity contribution is -0.384. The second-order valence-electron chi connectivity index (χ2n) is 9.68. The zero-order valence-electron chi connectivity index (χ0n) is 22.2. The molecule has 2 unspecified atom stereocenters. The average Bonchev–Trinajstić information content (AvgIpc) is 2.87. The number of alkyl carbamates (subject to hydrolysis) is 1. The maximum atomic E-state index is 13.3. The van der Waals surface area contributed by atoms with Gasteiger partial charge in [0.25, 0.3) is 5.69 Å². The van der Waals surface area contributed by atoms with E-state index in [0.717, 1.165) is 32.1 Å². The number of carbonyl (C=O) groups excluding carboxylic acids is 3. The lowest BCUT2D eigenvalue weighted by Crippen LogP contribution is -2.39. The molecular formula is C27H35N3O8. The van der Waals surface area contributed by atoms with E-state index in [2.05, 4.69) is 10.3 Å². The smallest absolute Gasteiger partial charge is 0.407 e. The summed E-state index contributed by atoms with van der Waals surface area (Å²) in [6, 6.07) is 5.74. The molecule has 0 radical (unpaired) electrons. The summed E-state index contributed by atoms with van der Waals surface area (Å²) in [5.41, 5.74) is 0.573. The highest BCUT2D eigenvalue weighted by Gasteiger charge is 2.44. The summed E-state index contributed by atoms with van der Waals surface area (Å²) < 4.78 is 16.2. The number of amides is 1. The highest BCUT2D eigenvalue weighted by molar-refractivity contribution is 6.07. The molecule has 2 aliphatic rings. The molecule has 1 aromatic rings. The minimum atomic E-state index is -1.04. The Kier molecular flexibility index (Phi) is 9.98. The van der Waals surface area contributed by atoms with Crippen LogP contribution in [-0.4, -0.2) is 54.0 Å². The topological polar surface area (TPSA) is 146 Å². The maximum Gasteiger partial charge on any atom is 0.407 e. The normalized spacial score (nSPS) is 20.0. The molecule has 11 nitrogen and oxygen atoms in total. The minimum absolute atomic E-state index is 0.00544. The summed E-state index contributed by atoms with van der Waals surface area (Å²) in [5, 5.41) is 14.4. The molecule has 38 heavy (non-hydrogen) atoms. The van der Waals surface area contributed by atoms with Gasteiger partial charge in [-0.05, 0) is 46.1 Å². The number of hydrogen-bond acceptors (Lipinski definition) is 9. The lowest BCUT2D eigenvalue weighted by atomic mass is 9.75. The van der Waals surface area contributed by atoms with Gasteiger partial charge in [0.2, 0.25) is 0 Å². The molecule has 1 saturated carbocycles. The van der Waals surface area contributed by atoms with Gasteiger partial charge in [0, 0.05) is 29.8 Å². The van der Waals surface area contributed by atoms with Crippen molar-refractivity contribution >= 4 is 29.4 Å². The number of aliphatic imine (C=N–C) groups is 1. The molecule has 0 spiro atoms. The highest BCUT2D eigenvalue weighted by Crippen LogP contribution is 2.41.